The van der Waals surface area contributed by atoms with E-state index in [-0.39, 0.29) is 17.2 Å². The lowest BCUT2D eigenvalue weighted by molar-refractivity contribution is 0.0947. The Morgan fingerprint density at radius 2 is 2.33 bits per heavy atom. The van der Waals surface area contributed by atoms with Crippen molar-refractivity contribution in [3.05, 3.63) is 47.0 Å². The van der Waals surface area contributed by atoms with E-state index in [1.807, 2.05) is 11.6 Å². The first-order valence-corrected chi connectivity index (χ1v) is 5.68. The van der Waals surface area contributed by atoms with Crippen LogP contribution in [0.4, 0.5) is 0 Å². The van der Waals surface area contributed by atoms with Crippen LogP contribution in [0.3, 0.4) is 0 Å². The van der Waals surface area contributed by atoms with E-state index >= 15 is 0 Å². The Labute approximate surface area is 109 Å². The molecule has 1 heterocycles. The summed E-state index contributed by atoms with van der Waals surface area (Å²) < 4.78 is 1.81. The molecule has 0 bridgehead atoms. The normalized spacial score (nSPS) is 10.3. The lowest BCUT2D eigenvalue weighted by Gasteiger charge is -2.07. The van der Waals surface area contributed by atoms with Crippen LogP contribution in [0.5, 0.6) is 5.75 Å². The molecule has 1 amide bonds. The summed E-state index contributed by atoms with van der Waals surface area (Å²) in [4.78, 5) is 15.9. The van der Waals surface area contributed by atoms with Crippen LogP contribution in [0, 0.1) is 0 Å². The molecule has 0 saturated carbocycles. The van der Waals surface area contributed by atoms with Gasteiger partial charge in [-0.15, -0.1) is 0 Å². The molecule has 2 rings (SSSR count). The van der Waals surface area contributed by atoms with E-state index in [0.29, 0.717) is 11.6 Å². The van der Waals surface area contributed by atoms with Gasteiger partial charge in [-0.1, -0.05) is 11.6 Å². The lowest BCUT2D eigenvalue weighted by Crippen LogP contribution is -2.24. The largest absolute Gasteiger partial charge is 0.507 e. The molecule has 1 aromatic carbocycles. The number of aromatic nitrogens is 2. The monoisotopic (exact) mass is 265 g/mol. The summed E-state index contributed by atoms with van der Waals surface area (Å²) in [5.74, 6) is 0.226. The van der Waals surface area contributed by atoms with E-state index in [2.05, 4.69) is 10.3 Å². The van der Waals surface area contributed by atoms with Crippen LogP contribution in [0.1, 0.15) is 16.2 Å². The van der Waals surface area contributed by atoms with Crippen LogP contribution in [0.15, 0.2) is 30.6 Å². The number of carbonyl (C=O) groups is 1. The van der Waals surface area contributed by atoms with E-state index in [1.54, 1.807) is 18.5 Å². The van der Waals surface area contributed by atoms with Crippen LogP contribution in [0.2, 0.25) is 5.02 Å². The van der Waals surface area contributed by atoms with Crippen LogP contribution in [-0.4, -0.2) is 20.6 Å². The fraction of sp³-hybridized carbons (Fsp3) is 0.167. The minimum absolute atomic E-state index is 0.139. The first kappa shape index (κ1) is 12.4. The number of rotatable bonds is 3. The lowest BCUT2D eigenvalue weighted by atomic mass is 10.2. The standard InChI is InChI=1S/C12H12ClN3O2/c1-16-5-4-14-11(16)7-15-12(18)9-3-2-8(13)6-10(9)17/h2-6,17H,7H2,1H3,(H,15,18). The number of aryl methyl sites for hydroxylation is 1. The fourth-order valence-corrected chi connectivity index (χ4v) is 1.68. The molecule has 0 aliphatic rings. The number of carbonyl (C=O) groups excluding carboxylic acids is 1. The highest BCUT2D eigenvalue weighted by molar-refractivity contribution is 6.30. The van der Waals surface area contributed by atoms with Crippen LogP contribution < -0.4 is 5.32 Å². The maximum absolute atomic E-state index is 11.8. The average Bonchev–Trinajstić information content (AvgIpc) is 2.72. The second kappa shape index (κ2) is 5.10. The van der Waals surface area contributed by atoms with Crippen molar-refractivity contribution >= 4 is 17.5 Å². The smallest absolute Gasteiger partial charge is 0.255 e. The first-order chi connectivity index (χ1) is 8.58. The topological polar surface area (TPSA) is 67.2 Å². The second-order valence-electron chi connectivity index (χ2n) is 3.80. The number of hydrogen-bond donors (Lipinski definition) is 2. The average molecular weight is 266 g/mol. The number of aromatic hydroxyl groups is 1. The van der Waals surface area contributed by atoms with Gasteiger partial charge >= 0.3 is 0 Å². The van der Waals surface area contributed by atoms with Crippen molar-refractivity contribution in [3.8, 4) is 5.75 Å². The summed E-state index contributed by atoms with van der Waals surface area (Å²) in [5.41, 5.74) is 0.189. The van der Waals surface area contributed by atoms with Gasteiger partial charge in [0.05, 0.1) is 12.1 Å². The maximum Gasteiger partial charge on any atom is 0.255 e. The molecule has 0 unspecified atom stereocenters. The molecule has 94 valence electrons. The summed E-state index contributed by atoms with van der Waals surface area (Å²) in [6.07, 6.45) is 3.45. The van der Waals surface area contributed by atoms with Gasteiger partial charge in [0.1, 0.15) is 11.6 Å². The van der Waals surface area contributed by atoms with Gasteiger partial charge in [0, 0.05) is 24.5 Å². The van der Waals surface area contributed by atoms with Gasteiger partial charge < -0.3 is 15.0 Å². The molecule has 0 fully saturated rings. The SMILES string of the molecule is Cn1ccnc1CNC(=O)c1ccc(Cl)cc1O. The Kier molecular flexibility index (Phi) is 3.53. The number of amides is 1. The number of nitrogens with one attached hydrogen (secondary N) is 1. The minimum Gasteiger partial charge on any atom is -0.507 e. The van der Waals surface area contributed by atoms with Gasteiger partial charge in [-0.05, 0) is 18.2 Å². The molecule has 5 nitrogen and oxygen atoms in total. The van der Waals surface area contributed by atoms with Crippen LogP contribution in [0.25, 0.3) is 0 Å². The molecule has 0 saturated heterocycles. The van der Waals surface area contributed by atoms with Crippen LogP contribution in [-0.2, 0) is 13.6 Å². The number of phenols is 1. The van der Waals surface area contributed by atoms with Crippen molar-refractivity contribution < 1.29 is 9.90 Å². The minimum atomic E-state index is -0.368. The van der Waals surface area contributed by atoms with Crippen LogP contribution >= 0.6 is 11.6 Å². The van der Waals surface area contributed by atoms with Gasteiger partial charge in [-0.3, -0.25) is 4.79 Å². The number of imidazole rings is 1. The zero-order valence-electron chi connectivity index (χ0n) is 9.72. The highest BCUT2D eigenvalue weighted by Crippen LogP contribution is 2.21. The Balaban J connectivity index is 2.06. The zero-order valence-corrected chi connectivity index (χ0v) is 10.5. The molecule has 2 N–H and O–H groups in total. The van der Waals surface area contributed by atoms with Gasteiger partial charge in [-0.25, -0.2) is 4.98 Å². The molecule has 0 aliphatic heterocycles. The molecule has 0 aliphatic carbocycles. The quantitative estimate of drug-likeness (QED) is 0.888. The van der Waals surface area contributed by atoms with E-state index < -0.39 is 0 Å². The molecular formula is C12H12ClN3O2. The molecule has 0 atom stereocenters. The predicted molar refractivity (Wildman–Crippen MR) is 67.5 cm³/mol. The fourth-order valence-electron chi connectivity index (χ4n) is 1.52. The first-order valence-electron chi connectivity index (χ1n) is 5.31. The molecule has 0 radical (unpaired) electrons. The summed E-state index contributed by atoms with van der Waals surface area (Å²) in [7, 11) is 1.84. The number of phenolic OH excluding ortho intramolecular Hbond substituents is 1. The third kappa shape index (κ3) is 2.62. The number of nitrogens with zero attached hydrogens (tertiary/aromatic N) is 2. The van der Waals surface area contributed by atoms with Crippen molar-refractivity contribution in [1.29, 1.82) is 0 Å². The number of halogens is 1. The molecule has 0 spiro atoms. The number of hydrogen-bond acceptors (Lipinski definition) is 3. The summed E-state index contributed by atoms with van der Waals surface area (Å²) in [5, 5.41) is 12.7. The molecule has 1 aromatic heterocycles. The van der Waals surface area contributed by atoms with Gasteiger partial charge in [0.25, 0.3) is 5.91 Å². The van der Waals surface area contributed by atoms with Crippen molar-refractivity contribution in [2.24, 2.45) is 7.05 Å². The van der Waals surface area contributed by atoms with E-state index in [4.69, 9.17) is 11.6 Å². The summed E-state index contributed by atoms with van der Waals surface area (Å²) >= 11 is 5.70. The zero-order chi connectivity index (χ0) is 13.1. The second-order valence-corrected chi connectivity index (χ2v) is 4.23. The Hall–Kier alpha value is -2.01. The Bertz CT molecular complexity index is 580. The molecular weight excluding hydrogens is 254 g/mol. The summed E-state index contributed by atoms with van der Waals surface area (Å²) in [6, 6.07) is 4.36. The highest BCUT2D eigenvalue weighted by atomic mass is 35.5. The van der Waals surface area contributed by atoms with Crippen molar-refractivity contribution in [2.75, 3.05) is 0 Å². The van der Waals surface area contributed by atoms with Gasteiger partial charge in [0.2, 0.25) is 0 Å². The van der Waals surface area contributed by atoms with E-state index in [0.717, 1.165) is 5.82 Å². The molecule has 2 aromatic rings. The van der Waals surface area contributed by atoms with Crippen molar-refractivity contribution in [3.63, 3.8) is 0 Å². The Morgan fingerprint density at radius 1 is 1.56 bits per heavy atom. The van der Waals surface area contributed by atoms with Crippen molar-refractivity contribution in [2.45, 2.75) is 6.54 Å². The van der Waals surface area contributed by atoms with Gasteiger partial charge in [0.15, 0.2) is 0 Å². The van der Waals surface area contributed by atoms with Gasteiger partial charge in [-0.2, -0.15) is 0 Å². The predicted octanol–water partition coefficient (Wildman–Crippen LogP) is 1.71. The van der Waals surface area contributed by atoms with E-state index in [9.17, 15) is 9.90 Å². The molecule has 18 heavy (non-hydrogen) atoms. The highest BCUT2D eigenvalue weighted by Gasteiger charge is 2.11. The summed E-state index contributed by atoms with van der Waals surface area (Å²) in [6.45, 7) is 0.296. The third-order valence-electron chi connectivity index (χ3n) is 2.53. The third-order valence-corrected chi connectivity index (χ3v) is 2.77. The maximum atomic E-state index is 11.8. The number of benzene rings is 1. The Morgan fingerprint density at radius 3 is 2.94 bits per heavy atom. The molecule has 6 heteroatoms. The van der Waals surface area contributed by atoms with Crippen molar-refractivity contribution in [1.82, 2.24) is 14.9 Å². The van der Waals surface area contributed by atoms with E-state index in [1.165, 1.54) is 12.1 Å².